The molecule has 0 saturated carbocycles. The number of likely N-dealkylation sites (N-methyl/N-ethyl adjacent to an activating group) is 1. The van der Waals surface area contributed by atoms with Crippen molar-refractivity contribution in [1.29, 1.82) is 0 Å². The number of carbonyl (C=O) groups is 1. The SMILES string of the molecule is Cc1nc2ccc(NC(=O)CN(C)CC3CCCNC3)cc2[nH]1. The van der Waals surface area contributed by atoms with Gasteiger partial charge in [-0.3, -0.25) is 9.69 Å². The van der Waals surface area contributed by atoms with E-state index in [1.54, 1.807) is 0 Å². The number of imidazole rings is 1. The number of benzene rings is 1. The number of H-pyrrole nitrogens is 1. The summed E-state index contributed by atoms with van der Waals surface area (Å²) in [6.45, 7) is 5.47. The van der Waals surface area contributed by atoms with E-state index in [0.717, 1.165) is 42.2 Å². The first kappa shape index (κ1) is 16.0. The van der Waals surface area contributed by atoms with Crippen LogP contribution in [0.4, 0.5) is 5.69 Å². The highest BCUT2D eigenvalue weighted by molar-refractivity contribution is 5.94. The lowest BCUT2D eigenvalue weighted by atomic mass is 9.99. The van der Waals surface area contributed by atoms with Crippen LogP contribution >= 0.6 is 0 Å². The number of piperidine rings is 1. The molecular formula is C17H25N5O. The summed E-state index contributed by atoms with van der Waals surface area (Å²) in [5.41, 5.74) is 2.67. The van der Waals surface area contributed by atoms with E-state index < -0.39 is 0 Å². The lowest BCUT2D eigenvalue weighted by molar-refractivity contribution is -0.117. The Labute approximate surface area is 136 Å². The van der Waals surface area contributed by atoms with E-state index in [0.29, 0.717) is 12.5 Å². The molecule has 1 aliphatic heterocycles. The molecule has 1 saturated heterocycles. The fourth-order valence-corrected chi connectivity index (χ4v) is 3.25. The first-order valence-corrected chi connectivity index (χ1v) is 8.25. The zero-order valence-electron chi connectivity index (χ0n) is 13.9. The van der Waals surface area contributed by atoms with Crippen molar-refractivity contribution in [2.24, 2.45) is 5.92 Å². The van der Waals surface area contributed by atoms with Crippen LogP contribution in [0.3, 0.4) is 0 Å². The molecule has 0 radical (unpaired) electrons. The molecule has 1 unspecified atom stereocenters. The van der Waals surface area contributed by atoms with Gasteiger partial charge in [0.25, 0.3) is 0 Å². The van der Waals surface area contributed by atoms with Crippen LogP contribution in [-0.2, 0) is 4.79 Å². The van der Waals surface area contributed by atoms with Gasteiger partial charge in [-0.1, -0.05) is 0 Å². The molecule has 6 nitrogen and oxygen atoms in total. The third kappa shape index (κ3) is 4.30. The average molecular weight is 315 g/mol. The van der Waals surface area contributed by atoms with Crippen molar-refractivity contribution in [1.82, 2.24) is 20.2 Å². The third-order valence-electron chi connectivity index (χ3n) is 4.27. The van der Waals surface area contributed by atoms with Crippen LogP contribution < -0.4 is 10.6 Å². The summed E-state index contributed by atoms with van der Waals surface area (Å²) < 4.78 is 0. The third-order valence-corrected chi connectivity index (χ3v) is 4.27. The number of anilines is 1. The van der Waals surface area contributed by atoms with Gasteiger partial charge >= 0.3 is 0 Å². The Balaban J connectivity index is 1.52. The summed E-state index contributed by atoms with van der Waals surface area (Å²) >= 11 is 0. The molecule has 1 aromatic carbocycles. The van der Waals surface area contributed by atoms with E-state index in [1.807, 2.05) is 32.2 Å². The van der Waals surface area contributed by atoms with E-state index in [1.165, 1.54) is 12.8 Å². The summed E-state index contributed by atoms with van der Waals surface area (Å²) in [7, 11) is 2.01. The number of hydrogen-bond acceptors (Lipinski definition) is 4. The minimum atomic E-state index is 0.0202. The lowest BCUT2D eigenvalue weighted by Gasteiger charge is -2.27. The maximum Gasteiger partial charge on any atom is 0.238 e. The Morgan fingerprint density at radius 2 is 2.35 bits per heavy atom. The van der Waals surface area contributed by atoms with Gasteiger partial charge in [0.1, 0.15) is 5.82 Å². The monoisotopic (exact) mass is 315 g/mol. The molecule has 0 spiro atoms. The van der Waals surface area contributed by atoms with Crippen LogP contribution in [0.1, 0.15) is 18.7 Å². The quantitative estimate of drug-likeness (QED) is 0.786. The molecule has 3 rings (SSSR count). The normalized spacial score (nSPS) is 18.5. The number of hydrogen-bond donors (Lipinski definition) is 3. The smallest absolute Gasteiger partial charge is 0.238 e. The number of aromatic amines is 1. The summed E-state index contributed by atoms with van der Waals surface area (Å²) in [5, 5.41) is 6.38. The Kier molecular flexibility index (Phi) is 4.93. The van der Waals surface area contributed by atoms with Gasteiger partial charge in [0, 0.05) is 12.2 Å². The van der Waals surface area contributed by atoms with Crippen molar-refractivity contribution in [2.75, 3.05) is 38.5 Å². The molecule has 2 heterocycles. The maximum atomic E-state index is 12.2. The number of carbonyl (C=O) groups excluding carboxylic acids is 1. The highest BCUT2D eigenvalue weighted by atomic mass is 16.2. The first-order chi connectivity index (χ1) is 11.1. The Morgan fingerprint density at radius 1 is 1.48 bits per heavy atom. The van der Waals surface area contributed by atoms with E-state index in [4.69, 9.17) is 0 Å². The van der Waals surface area contributed by atoms with Gasteiger partial charge in [-0.25, -0.2) is 4.98 Å². The van der Waals surface area contributed by atoms with Crippen LogP contribution in [-0.4, -0.2) is 54.0 Å². The van der Waals surface area contributed by atoms with E-state index in [2.05, 4.69) is 25.5 Å². The molecule has 23 heavy (non-hydrogen) atoms. The van der Waals surface area contributed by atoms with Crippen molar-refractivity contribution >= 4 is 22.6 Å². The second-order valence-corrected chi connectivity index (χ2v) is 6.51. The van der Waals surface area contributed by atoms with Crippen LogP contribution in [0.25, 0.3) is 11.0 Å². The fraction of sp³-hybridized carbons (Fsp3) is 0.529. The number of aromatic nitrogens is 2. The summed E-state index contributed by atoms with van der Waals surface area (Å²) in [4.78, 5) is 21.9. The van der Waals surface area contributed by atoms with Gasteiger partial charge < -0.3 is 15.6 Å². The van der Waals surface area contributed by atoms with Crippen LogP contribution in [0.5, 0.6) is 0 Å². The van der Waals surface area contributed by atoms with E-state index in [9.17, 15) is 4.79 Å². The first-order valence-electron chi connectivity index (χ1n) is 8.25. The van der Waals surface area contributed by atoms with E-state index in [-0.39, 0.29) is 5.91 Å². The minimum Gasteiger partial charge on any atom is -0.342 e. The Morgan fingerprint density at radius 3 is 3.13 bits per heavy atom. The van der Waals surface area contributed by atoms with Crippen molar-refractivity contribution in [3.05, 3.63) is 24.0 Å². The summed E-state index contributed by atoms with van der Waals surface area (Å²) in [6.07, 6.45) is 2.48. The molecule has 1 atom stereocenters. The van der Waals surface area contributed by atoms with Gasteiger partial charge in [0.05, 0.1) is 17.6 Å². The molecule has 1 fully saturated rings. The topological polar surface area (TPSA) is 73.1 Å². The molecular weight excluding hydrogens is 290 g/mol. The molecule has 1 aliphatic rings. The van der Waals surface area contributed by atoms with Crippen LogP contribution in [0, 0.1) is 12.8 Å². The van der Waals surface area contributed by atoms with Gasteiger partial charge in [-0.2, -0.15) is 0 Å². The number of amides is 1. The average Bonchev–Trinajstić information content (AvgIpc) is 2.87. The second-order valence-electron chi connectivity index (χ2n) is 6.51. The number of nitrogens with zero attached hydrogens (tertiary/aromatic N) is 2. The number of rotatable bonds is 5. The second kappa shape index (κ2) is 7.10. The molecule has 3 N–H and O–H groups in total. The Bertz CT molecular complexity index is 675. The minimum absolute atomic E-state index is 0.0202. The molecule has 1 aromatic heterocycles. The molecule has 124 valence electrons. The molecule has 0 aliphatic carbocycles. The zero-order chi connectivity index (χ0) is 16.2. The Hall–Kier alpha value is -1.92. The molecule has 6 heteroatoms. The maximum absolute atomic E-state index is 12.2. The number of fused-ring (bicyclic) bond motifs is 1. The highest BCUT2D eigenvalue weighted by Crippen LogP contribution is 2.17. The van der Waals surface area contributed by atoms with Crippen molar-refractivity contribution in [2.45, 2.75) is 19.8 Å². The fourth-order valence-electron chi connectivity index (χ4n) is 3.25. The predicted molar refractivity (Wildman–Crippen MR) is 92.6 cm³/mol. The highest BCUT2D eigenvalue weighted by Gasteiger charge is 2.16. The molecule has 0 bridgehead atoms. The van der Waals surface area contributed by atoms with E-state index >= 15 is 0 Å². The van der Waals surface area contributed by atoms with Crippen molar-refractivity contribution in [3.63, 3.8) is 0 Å². The van der Waals surface area contributed by atoms with Crippen LogP contribution in [0.15, 0.2) is 18.2 Å². The predicted octanol–water partition coefficient (Wildman–Crippen LogP) is 1.74. The number of nitrogens with one attached hydrogen (secondary N) is 3. The van der Waals surface area contributed by atoms with Crippen molar-refractivity contribution < 1.29 is 4.79 Å². The molecule has 1 amide bonds. The standard InChI is InChI=1S/C17H25N5O/c1-12-19-15-6-5-14(8-16(15)20-12)21-17(23)11-22(2)10-13-4-3-7-18-9-13/h5-6,8,13,18H,3-4,7,9-11H2,1-2H3,(H,19,20)(H,21,23). The summed E-state index contributed by atoms with van der Waals surface area (Å²) in [5.74, 6) is 1.54. The van der Waals surface area contributed by atoms with Gasteiger partial charge in [-0.05, 0) is 64.0 Å². The zero-order valence-corrected chi connectivity index (χ0v) is 13.9. The molecule has 2 aromatic rings. The summed E-state index contributed by atoms with van der Waals surface area (Å²) in [6, 6.07) is 5.75. The van der Waals surface area contributed by atoms with Crippen LogP contribution in [0.2, 0.25) is 0 Å². The van der Waals surface area contributed by atoms with Gasteiger partial charge in [0.15, 0.2) is 0 Å². The largest absolute Gasteiger partial charge is 0.342 e. The number of aryl methyl sites for hydroxylation is 1. The van der Waals surface area contributed by atoms with Gasteiger partial charge in [-0.15, -0.1) is 0 Å². The lowest BCUT2D eigenvalue weighted by Crippen LogP contribution is -2.39. The van der Waals surface area contributed by atoms with Gasteiger partial charge in [0.2, 0.25) is 5.91 Å². The van der Waals surface area contributed by atoms with Crippen molar-refractivity contribution in [3.8, 4) is 0 Å².